The van der Waals surface area contributed by atoms with Crippen LogP contribution in [0.25, 0.3) is 0 Å². The van der Waals surface area contributed by atoms with E-state index in [1.807, 2.05) is 0 Å². The lowest BCUT2D eigenvalue weighted by atomic mass is 9.61. The minimum Gasteiger partial charge on any atom is -0.394 e. The molecule has 2 fully saturated rings. The minimum atomic E-state index is -3.95. The molecule has 0 radical (unpaired) electrons. The second kappa shape index (κ2) is 8.74. The van der Waals surface area contributed by atoms with Crippen LogP contribution < -0.4 is 0 Å². The Morgan fingerprint density at radius 3 is 2.48 bits per heavy atom. The third-order valence-corrected chi connectivity index (χ3v) is 8.68. The van der Waals surface area contributed by atoms with Crippen molar-refractivity contribution in [2.45, 2.75) is 36.7 Å². The van der Waals surface area contributed by atoms with E-state index in [0.29, 0.717) is 12.8 Å². The fraction of sp³-hybridized carbons (Fsp3) is 0.429. The molecular formula is C21H21Cl2F2N3O4S. The van der Waals surface area contributed by atoms with Crippen LogP contribution in [0.1, 0.15) is 30.1 Å². The van der Waals surface area contributed by atoms with Gasteiger partial charge < -0.3 is 10.0 Å². The topological polar surface area (TPSA) is 90.8 Å². The van der Waals surface area contributed by atoms with Gasteiger partial charge >= 0.3 is 0 Å². The average molecular weight is 520 g/mol. The van der Waals surface area contributed by atoms with Crippen LogP contribution in [0.15, 0.2) is 35.2 Å². The van der Waals surface area contributed by atoms with E-state index in [9.17, 15) is 27.1 Å². The van der Waals surface area contributed by atoms with Crippen molar-refractivity contribution in [2.24, 2.45) is 5.41 Å². The molecule has 1 unspecified atom stereocenters. The van der Waals surface area contributed by atoms with E-state index >= 15 is 0 Å². The predicted octanol–water partition coefficient (Wildman–Crippen LogP) is 3.34. The molecule has 1 spiro atoms. The maximum absolute atomic E-state index is 14.0. The normalized spacial score (nSPS) is 19.1. The monoisotopic (exact) mass is 519 g/mol. The largest absolute Gasteiger partial charge is 0.394 e. The molecule has 1 atom stereocenters. The maximum Gasteiger partial charge on any atom is 0.257 e. The first-order valence-corrected chi connectivity index (χ1v) is 12.4. The summed E-state index contributed by atoms with van der Waals surface area (Å²) in [5.74, 6) is -2.29. The lowest BCUT2D eigenvalue weighted by Crippen LogP contribution is -2.68. The lowest BCUT2D eigenvalue weighted by molar-refractivity contribution is -0.0776. The smallest absolute Gasteiger partial charge is 0.257 e. The van der Waals surface area contributed by atoms with Crippen molar-refractivity contribution in [2.75, 3.05) is 19.7 Å². The lowest BCUT2D eigenvalue weighted by Gasteiger charge is -2.60. The molecule has 178 valence electrons. The van der Waals surface area contributed by atoms with Gasteiger partial charge in [0.25, 0.3) is 5.91 Å². The molecule has 1 aliphatic heterocycles. The van der Waals surface area contributed by atoms with Gasteiger partial charge in [-0.25, -0.2) is 22.2 Å². The fourth-order valence-corrected chi connectivity index (χ4v) is 6.74. The number of carbonyl (C=O) groups is 1. The van der Waals surface area contributed by atoms with E-state index in [1.54, 1.807) is 6.92 Å². The Balaban J connectivity index is 1.48. The second-order valence-corrected chi connectivity index (χ2v) is 11.2. The van der Waals surface area contributed by atoms with E-state index in [2.05, 4.69) is 4.98 Å². The Kier molecular flexibility index (Phi) is 6.43. The van der Waals surface area contributed by atoms with Crippen molar-refractivity contribution >= 4 is 39.1 Å². The zero-order valence-electron chi connectivity index (χ0n) is 17.5. The number of aliphatic hydroxyl groups excluding tert-OH is 1. The molecule has 1 aromatic carbocycles. The Morgan fingerprint density at radius 1 is 1.24 bits per heavy atom. The number of aromatic nitrogens is 1. The third kappa shape index (κ3) is 4.23. The number of nitrogens with zero attached hydrogens (tertiary/aromatic N) is 3. The van der Waals surface area contributed by atoms with Crippen LogP contribution in [0, 0.1) is 17.0 Å². The molecule has 2 aromatic rings. The summed E-state index contributed by atoms with van der Waals surface area (Å²) in [5, 5.41) is 8.98. The van der Waals surface area contributed by atoms with Crippen molar-refractivity contribution < 1.29 is 27.1 Å². The van der Waals surface area contributed by atoms with Gasteiger partial charge in [-0.2, -0.15) is 4.31 Å². The Labute approximate surface area is 200 Å². The average Bonchev–Trinajstić information content (AvgIpc) is 2.70. The number of rotatable bonds is 6. The van der Waals surface area contributed by atoms with Gasteiger partial charge in [0, 0.05) is 24.5 Å². The highest BCUT2D eigenvalue weighted by Crippen LogP contribution is 2.52. The van der Waals surface area contributed by atoms with Crippen LogP contribution >= 0.6 is 23.2 Å². The van der Waals surface area contributed by atoms with Crippen LogP contribution in [0.2, 0.25) is 10.3 Å². The number of benzene rings is 1. The standard InChI is InChI=1S/C21H21Cl2F2N3O4S/c1-12(9-29)28(20(30)14-6-16(25)19(23)26-18(14)22)13-7-21(8-13)10-27(11-21)33(31,32)17-5-3-2-4-15(17)24/h2-6,12-13,29H,7-11H2,1H3. The number of aliphatic hydroxyl groups is 1. The first-order valence-electron chi connectivity index (χ1n) is 10.2. The molecule has 2 aliphatic rings. The maximum atomic E-state index is 14.0. The van der Waals surface area contributed by atoms with Crippen molar-refractivity contribution in [1.29, 1.82) is 0 Å². The molecule has 1 aromatic heterocycles. The van der Waals surface area contributed by atoms with Gasteiger partial charge in [0.1, 0.15) is 15.9 Å². The van der Waals surface area contributed by atoms with E-state index in [4.69, 9.17) is 23.2 Å². The van der Waals surface area contributed by atoms with Gasteiger partial charge in [0.05, 0.1) is 18.2 Å². The van der Waals surface area contributed by atoms with Gasteiger partial charge in [-0.3, -0.25) is 4.79 Å². The van der Waals surface area contributed by atoms with Crippen molar-refractivity contribution in [3.8, 4) is 0 Å². The molecule has 4 rings (SSSR count). The molecule has 7 nitrogen and oxygen atoms in total. The summed E-state index contributed by atoms with van der Waals surface area (Å²) in [6.07, 6.45) is 0.959. The van der Waals surface area contributed by atoms with E-state index < -0.39 is 38.8 Å². The number of hydrogen-bond acceptors (Lipinski definition) is 5. The highest BCUT2D eigenvalue weighted by molar-refractivity contribution is 7.89. The molecule has 1 saturated carbocycles. The quantitative estimate of drug-likeness (QED) is 0.591. The van der Waals surface area contributed by atoms with E-state index in [1.165, 1.54) is 27.4 Å². The van der Waals surface area contributed by atoms with Crippen LogP contribution in [0.3, 0.4) is 0 Å². The zero-order valence-corrected chi connectivity index (χ0v) is 19.8. The molecule has 12 heteroatoms. The molecule has 2 heterocycles. The minimum absolute atomic E-state index is 0.169. The molecule has 33 heavy (non-hydrogen) atoms. The summed E-state index contributed by atoms with van der Waals surface area (Å²) in [6, 6.07) is 5.22. The summed E-state index contributed by atoms with van der Waals surface area (Å²) in [6.45, 7) is 1.72. The highest BCUT2D eigenvalue weighted by atomic mass is 35.5. The van der Waals surface area contributed by atoms with Crippen LogP contribution in [-0.4, -0.2) is 65.4 Å². The SMILES string of the molecule is CC(CO)N(C(=O)c1cc(F)c(Cl)nc1Cl)C1CC2(C1)CN(S(=O)(=O)c1ccccc1F)C2. The first-order chi connectivity index (χ1) is 15.5. The van der Waals surface area contributed by atoms with Crippen LogP contribution in [-0.2, 0) is 10.0 Å². The predicted molar refractivity (Wildman–Crippen MR) is 118 cm³/mol. The molecule has 1 saturated heterocycles. The summed E-state index contributed by atoms with van der Waals surface area (Å²) < 4.78 is 54.6. The highest BCUT2D eigenvalue weighted by Gasteiger charge is 2.58. The van der Waals surface area contributed by atoms with Crippen LogP contribution in [0.4, 0.5) is 8.78 Å². The van der Waals surface area contributed by atoms with Crippen molar-refractivity contribution in [1.82, 2.24) is 14.2 Å². The Hall–Kier alpha value is -1.85. The fourth-order valence-electron chi connectivity index (χ4n) is 4.61. The number of halogens is 4. The van der Waals surface area contributed by atoms with Gasteiger partial charge in [-0.15, -0.1) is 0 Å². The first kappa shape index (κ1) is 24.3. The summed E-state index contributed by atoms with van der Waals surface area (Å²) >= 11 is 11.6. The van der Waals surface area contributed by atoms with Gasteiger partial charge in [-0.1, -0.05) is 35.3 Å². The Bertz CT molecular complexity index is 1200. The number of amides is 1. The van der Waals surface area contributed by atoms with E-state index in [0.717, 1.165) is 12.1 Å². The number of pyridine rings is 1. The van der Waals surface area contributed by atoms with E-state index in [-0.39, 0.29) is 46.8 Å². The van der Waals surface area contributed by atoms with Crippen LogP contribution in [0.5, 0.6) is 0 Å². The van der Waals surface area contributed by atoms with Gasteiger partial charge in [-0.05, 0) is 38.0 Å². The number of hydrogen-bond donors (Lipinski definition) is 1. The zero-order chi connectivity index (χ0) is 24.1. The van der Waals surface area contributed by atoms with Gasteiger partial charge in [0.15, 0.2) is 11.0 Å². The van der Waals surface area contributed by atoms with Crippen molar-refractivity contribution in [3.05, 3.63) is 57.8 Å². The summed E-state index contributed by atoms with van der Waals surface area (Å²) in [7, 11) is -3.95. The summed E-state index contributed by atoms with van der Waals surface area (Å²) in [5.41, 5.74) is -0.513. The molecule has 1 amide bonds. The second-order valence-electron chi connectivity index (χ2n) is 8.61. The summed E-state index contributed by atoms with van der Waals surface area (Å²) in [4.78, 5) is 17.9. The Morgan fingerprint density at radius 2 is 1.88 bits per heavy atom. The molecular weight excluding hydrogens is 499 g/mol. The number of sulfonamides is 1. The molecule has 1 aliphatic carbocycles. The van der Waals surface area contributed by atoms with Gasteiger partial charge in [0.2, 0.25) is 10.0 Å². The third-order valence-electron chi connectivity index (χ3n) is 6.30. The number of carbonyl (C=O) groups excluding carboxylic acids is 1. The van der Waals surface area contributed by atoms with Crippen molar-refractivity contribution in [3.63, 3.8) is 0 Å². The molecule has 0 bridgehead atoms. The molecule has 1 N–H and O–H groups in total.